The highest BCUT2D eigenvalue weighted by molar-refractivity contribution is 5.25. The number of ether oxygens (including phenoxy) is 4. The molecule has 4 aliphatic carbocycles. The number of hydrogen-bond donors (Lipinski definition) is 0. The maximum atomic E-state index is 6.49. The Morgan fingerprint density at radius 2 is 1.54 bits per heavy atom. The number of imidazole rings is 1. The summed E-state index contributed by atoms with van der Waals surface area (Å²) in [5.74, 6) is 5.32. The van der Waals surface area contributed by atoms with Crippen molar-refractivity contribution in [2.75, 3.05) is 39.6 Å². The van der Waals surface area contributed by atoms with E-state index >= 15 is 0 Å². The quantitative estimate of drug-likeness (QED) is 0.0534. The van der Waals surface area contributed by atoms with Crippen molar-refractivity contribution in [3.8, 4) is 0 Å². The zero-order chi connectivity index (χ0) is 43.2. The predicted octanol–water partition coefficient (Wildman–Crippen LogP) is 14.5. The Labute approximate surface area is 375 Å². The van der Waals surface area contributed by atoms with Gasteiger partial charge < -0.3 is 23.5 Å². The topological polar surface area (TPSA) is 54.7 Å². The molecule has 0 amide bonds. The van der Waals surface area contributed by atoms with E-state index in [-0.39, 0.29) is 6.10 Å². The van der Waals surface area contributed by atoms with Crippen molar-refractivity contribution in [1.82, 2.24) is 9.55 Å². The van der Waals surface area contributed by atoms with E-state index in [1.807, 2.05) is 18.7 Å². The molecule has 0 saturated heterocycles. The van der Waals surface area contributed by atoms with Crippen molar-refractivity contribution in [2.45, 2.75) is 208 Å². The molecule has 0 radical (unpaired) electrons. The Bertz CT molecular complexity index is 1390. The third-order valence-electron chi connectivity index (χ3n) is 16.2. The van der Waals surface area contributed by atoms with Crippen molar-refractivity contribution >= 4 is 0 Å². The van der Waals surface area contributed by atoms with Crippen LogP contribution >= 0.6 is 0 Å². The van der Waals surface area contributed by atoms with Gasteiger partial charge in [0.25, 0.3) is 0 Å². The molecule has 5 rings (SSSR count). The molecule has 0 aliphatic heterocycles. The molecule has 61 heavy (non-hydrogen) atoms. The van der Waals surface area contributed by atoms with Gasteiger partial charge in [0.05, 0.1) is 58.1 Å². The van der Waals surface area contributed by atoms with E-state index in [0.29, 0.717) is 50.0 Å². The number of allylic oxidation sites excluding steroid dienone is 5. The molecule has 6 nitrogen and oxygen atoms in total. The van der Waals surface area contributed by atoms with E-state index in [2.05, 4.69) is 81.5 Å². The van der Waals surface area contributed by atoms with Crippen LogP contribution < -0.4 is 0 Å². The average Bonchev–Trinajstić information content (AvgIpc) is 3.90. The lowest BCUT2D eigenvalue weighted by atomic mass is 9.47. The standard InChI is InChI=1S/C55H94N2O4/c1-7-8-9-10-11-12-13-14-15-16-17-18-19-20-21-22-36-59-43-49(42-57-35-34-56-44-57)61-40-38-58-37-39-60-48-30-32-54(5)47(41-48)26-27-50-52-29-28-51(46(4)25-23-24-45(2)3)55(52,6)33-31-53(50)54/h11-12,14-15,26,34-35,44-46,48-53H,7-10,13,16-25,27-33,36-43H2,1-6H3/b12-11-,15-14-/t46-,48+,49?,50?,51-,52?,53?,54+,55-/m1/s1. The number of aromatic nitrogens is 2. The van der Waals surface area contributed by atoms with E-state index in [0.717, 1.165) is 67.9 Å². The van der Waals surface area contributed by atoms with Gasteiger partial charge >= 0.3 is 0 Å². The molecule has 4 aliphatic rings. The van der Waals surface area contributed by atoms with E-state index in [1.54, 1.807) is 5.57 Å². The lowest BCUT2D eigenvalue weighted by Gasteiger charge is -2.58. The minimum absolute atomic E-state index is 0.0188. The largest absolute Gasteiger partial charge is 0.379 e. The van der Waals surface area contributed by atoms with Gasteiger partial charge in [-0.25, -0.2) is 4.98 Å². The van der Waals surface area contributed by atoms with Crippen molar-refractivity contribution in [2.24, 2.45) is 46.3 Å². The first-order valence-corrected chi connectivity index (χ1v) is 26.1. The van der Waals surface area contributed by atoms with Gasteiger partial charge in [0, 0.05) is 19.0 Å². The Balaban J connectivity index is 0.906. The molecule has 9 atom stereocenters. The SMILES string of the molecule is CCCCC/C=C\C/C=C\CCCCCCCCOCC(Cn1ccnc1)OCCOCCO[C@H]1CC[C@@]2(C)C(=CCC3C2CC[C@@]2(C)C3CC[C@@H]2[C@H](C)CCCC(C)C)C1. The summed E-state index contributed by atoms with van der Waals surface area (Å²) in [5, 5.41) is 0. The molecular formula is C55H94N2O4. The molecule has 1 heterocycles. The summed E-state index contributed by atoms with van der Waals surface area (Å²) < 4.78 is 27.0. The van der Waals surface area contributed by atoms with Crippen molar-refractivity contribution in [1.29, 1.82) is 0 Å². The fourth-order valence-electron chi connectivity index (χ4n) is 12.6. The van der Waals surface area contributed by atoms with Crippen molar-refractivity contribution in [3.63, 3.8) is 0 Å². The normalized spacial score (nSPS) is 28.6. The summed E-state index contributed by atoms with van der Waals surface area (Å²) in [6.07, 6.45) is 48.1. The van der Waals surface area contributed by atoms with Crippen LogP contribution in [0.2, 0.25) is 0 Å². The van der Waals surface area contributed by atoms with Crippen LogP contribution in [0.3, 0.4) is 0 Å². The molecule has 1 aromatic heterocycles. The van der Waals surface area contributed by atoms with Crippen LogP contribution in [-0.2, 0) is 25.5 Å². The van der Waals surface area contributed by atoms with Gasteiger partial charge in [-0.05, 0) is 136 Å². The predicted molar refractivity (Wildman–Crippen MR) is 256 cm³/mol. The third kappa shape index (κ3) is 16.0. The summed E-state index contributed by atoms with van der Waals surface area (Å²) in [5.41, 5.74) is 2.65. The van der Waals surface area contributed by atoms with Crippen LogP contribution in [0.1, 0.15) is 189 Å². The summed E-state index contributed by atoms with van der Waals surface area (Å²) in [4.78, 5) is 4.22. The highest BCUT2D eigenvalue weighted by atomic mass is 16.6. The second-order valence-electron chi connectivity index (χ2n) is 21.0. The molecule has 348 valence electrons. The maximum absolute atomic E-state index is 6.49. The second kappa shape index (κ2) is 27.6. The van der Waals surface area contributed by atoms with Crippen LogP contribution in [0.25, 0.3) is 0 Å². The van der Waals surface area contributed by atoms with Gasteiger partial charge in [0.15, 0.2) is 0 Å². The molecule has 4 unspecified atom stereocenters. The van der Waals surface area contributed by atoms with Gasteiger partial charge in [-0.1, -0.05) is 135 Å². The summed E-state index contributed by atoms with van der Waals surface area (Å²) in [6, 6.07) is 0. The van der Waals surface area contributed by atoms with Gasteiger partial charge in [-0.3, -0.25) is 0 Å². The smallest absolute Gasteiger partial charge is 0.0988 e. The Morgan fingerprint density at radius 1 is 0.770 bits per heavy atom. The van der Waals surface area contributed by atoms with Gasteiger partial charge in [0.2, 0.25) is 0 Å². The summed E-state index contributed by atoms with van der Waals surface area (Å²) in [6.45, 7) is 19.5. The first kappa shape index (κ1) is 50.3. The van der Waals surface area contributed by atoms with Gasteiger partial charge in [-0.2, -0.15) is 0 Å². The average molecular weight is 847 g/mol. The monoisotopic (exact) mass is 847 g/mol. The number of hydrogen-bond acceptors (Lipinski definition) is 5. The van der Waals surface area contributed by atoms with Crippen molar-refractivity contribution in [3.05, 3.63) is 54.7 Å². The lowest BCUT2D eigenvalue weighted by Crippen LogP contribution is -2.51. The van der Waals surface area contributed by atoms with Gasteiger partial charge in [0.1, 0.15) is 0 Å². The van der Waals surface area contributed by atoms with E-state index in [1.165, 1.54) is 128 Å². The van der Waals surface area contributed by atoms with E-state index < -0.39 is 0 Å². The maximum Gasteiger partial charge on any atom is 0.0988 e. The first-order valence-electron chi connectivity index (χ1n) is 26.1. The molecular weight excluding hydrogens is 753 g/mol. The molecule has 0 spiro atoms. The molecule has 0 aromatic carbocycles. The third-order valence-corrected chi connectivity index (χ3v) is 16.2. The first-order chi connectivity index (χ1) is 29.7. The number of rotatable bonds is 32. The Morgan fingerprint density at radius 3 is 2.31 bits per heavy atom. The minimum atomic E-state index is -0.0188. The Kier molecular flexibility index (Phi) is 22.7. The summed E-state index contributed by atoms with van der Waals surface area (Å²) >= 11 is 0. The van der Waals surface area contributed by atoms with Crippen LogP contribution in [0.5, 0.6) is 0 Å². The molecule has 0 bridgehead atoms. The van der Waals surface area contributed by atoms with Crippen LogP contribution in [0, 0.1) is 46.3 Å². The van der Waals surface area contributed by atoms with Crippen LogP contribution in [0.15, 0.2) is 54.7 Å². The lowest BCUT2D eigenvalue weighted by molar-refractivity contribution is -0.0725. The Hall–Kier alpha value is -1.73. The van der Waals surface area contributed by atoms with Crippen molar-refractivity contribution < 1.29 is 18.9 Å². The van der Waals surface area contributed by atoms with E-state index in [4.69, 9.17) is 18.9 Å². The molecule has 3 fully saturated rings. The zero-order valence-corrected chi connectivity index (χ0v) is 40.5. The summed E-state index contributed by atoms with van der Waals surface area (Å²) in [7, 11) is 0. The molecule has 1 aromatic rings. The number of fused-ring (bicyclic) bond motifs is 5. The zero-order valence-electron chi connectivity index (χ0n) is 40.5. The minimum Gasteiger partial charge on any atom is -0.379 e. The van der Waals surface area contributed by atoms with Crippen LogP contribution in [-0.4, -0.2) is 61.4 Å². The fraction of sp³-hybridized carbons (Fsp3) is 0.836. The second-order valence-corrected chi connectivity index (χ2v) is 21.0. The molecule has 0 N–H and O–H groups in total. The fourth-order valence-corrected chi connectivity index (χ4v) is 12.6. The molecule has 6 heteroatoms. The highest BCUT2D eigenvalue weighted by Gasteiger charge is 2.59. The molecule has 3 saturated carbocycles. The highest BCUT2D eigenvalue weighted by Crippen LogP contribution is 2.67. The van der Waals surface area contributed by atoms with Gasteiger partial charge in [-0.15, -0.1) is 0 Å². The van der Waals surface area contributed by atoms with Crippen LogP contribution in [0.4, 0.5) is 0 Å². The van der Waals surface area contributed by atoms with E-state index in [9.17, 15) is 0 Å². The number of nitrogens with zero attached hydrogens (tertiary/aromatic N) is 2. The number of unbranched alkanes of at least 4 members (excludes halogenated alkanes) is 9.